The van der Waals surface area contributed by atoms with E-state index in [4.69, 9.17) is 18.9 Å². The summed E-state index contributed by atoms with van der Waals surface area (Å²) in [6.07, 6.45) is -7.54. The van der Waals surface area contributed by atoms with Crippen molar-refractivity contribution in [3.05, 3.63) is 0 Å². The van der Waals surface area contributed by atoms with E-state index < -0.39 is 74.6 Å². The number of ether oxygens (including phenoxy) is 4. The summed E-state index contributed by atoms with van der Waals surface area (Å²) in [5, 5.41) is 73.7. The first kappa shape index (κ1) is 31.5. The predicted octanol–water partition coefficient (Wildman–Crippen LogP) is -1.87. The highest BCUT2D eigenvalue weighted by atomic mass is 16.7. The van der Waals surface area contributed by atoms with E-state index in [1.165, 1.54) is 19.3 Å². The molecule has 4 saturated carbocycles. The number of aliphatic hydroxyl groups is 7. The number of hydrogen-bond acceptors (Lipinski definition) is 12. The number of nitrogens with one attached hydrogen (secondary N) is 1. The van der Waals surface area contributed by atoms with Gasteiger partial charge in [0.1, 0.15) is 48.8 Å². The normalized spacial score (nSPS) is 51.1. The molecule has 2 aliphatic heterocycles. The fourth-order valence-corrected chi connectivity index (χ4v) is 9.34. The lowest BCUT2D eigenvalue weighted by Crippen LogP contribution is -2.64. The lowest BCUT2D eigenvalue weighted by atomic mass is 9.40. The summed E-state index contributed by atoms with van der Waals surface area (Å²) in [6.45, 7) is 3.58. The first-order valence-corrected chi connectivity index (χ1v) is 14.8. The fourth-order valence-electron chi connectivity index (χ4n) is 9.34. The van der Waals surface area contributed by atoms with Crippen molar-refractivity contribution in [1.82, 2.24) is 5.32 Å². The van der Waals surface area contributed by atoms with Crippen LogP contribution in [0.15, 0.2) is 0 Å². The zero-order chi connectivity index (χ0) is 29.7. The van der Waals surface area contributed by atoms with Crippen LogP contribution < -0.4 is 5.32 Å². The SMILES string of the molecule is C[C@]12CC3CC(CC(=O)NCCO[C@@H]4O[C@H](CO)[C@@H](O[C@H]5O[C@H](CO)[C@@H](O)[C@H](O)[C@H]5O)[C@H](O)[C@H]4O)(C1)C[C@@](C)(C3)C2. The molecule has 41 heavy (non-hydrogen) atoms. The Morgan fingerprint density at radius 2 is 1.41 bits per heavy atom. The van der Waals surface area contributed by atoms with Crippen LogP contribution in [0.4, 0.5) is 0 Å². The van der Waals surface area contributed by atoms with Crippen LogP contribution in [0.1, 0.15) is 58.8 Å². The van der Waals surface area contributed by atoms with Crippen molar-refractivity contribution in [1.29, 1.82) is 0 Å². The van der Waals surface area contributed by atoms with Crippen molar-refractivity contribution in [3.8, 4) is 0 Å². The van der Waals surface area contributed by atoms with Gasteiger partial charge in [-0.05, 0) is 60.7 Å². The third-order valence-corrected chi connectivity index (χ3v) is 9.94. The van der Waals surface area contributed by atoms with Crippen molar-refractivity contribution < 1.29 is 59.5 Å². The van der Waals surface area contributed by atoms with Gasteiger partial charge < -0.3 is 60.0 Å². The number of aliphatic hydroxyl groups excluding tert-OH is 7. The van der Waals surface area contributed by atoms with Gasteiger partial charge in [-0.1, -0.05) is 13.8 Å². The van der Waals surface area contributed by atoms with E-state index in [9.17, 15) is 40.5 Å². The zero-order valence-electron chi connectivity index (χ0n) is 23.8. The van der Waals surface area contributed by atoms with Gasteiger partial charge >= 0.3 is 0 Å². The van der Waals surface area contributed by atoms with Crippen LogP contribution >= 0.6 is 0 Å². The molecule has 0 aromatic carbocycles. The summed E-state index contributed by atoms with van der Waals surface area (Å²) >= 11 is 0. The molecule has 0 radical (unpaired) electrons. The molecule has 8 N–H and O–H groups in total. The van der Waals surface area contributed by atoms with E-state index in [0.29, 0.717) is 23.2 Å². The maximum absolute atomic E-state index is 12.9. The second kappa shape index (κ2) is 11.8. The first-order chi connectivity index (χ1) is 19.3. The van der Waals surface area contributed by atoms with E-state index in [1.807, 2.05) is 0 Å². The summed E-state index contributed by atoms with van der Waals surface area (Å²) in [5.41, 5.74) is 0.686. The summed E-state index contributed by atoms with van der Waals surface area (Å²) in [4.78, 5) is 12.9. The average molecular weight is 590 g/mol. The Kier molecular flexibility index (Phi) is 9.09. The minimum atomic E-state index is -1.74. The summed E-state index contributed by atoms with van der Waals surface area (Å²) < 4.78 is 22.1. The fraction of sp³-hybridized carbons (Fsp3) is 0.964. The van der Waals surface area contributed by atoms with E-state index in [2.05, 4.69) is 19.2 Å². The minimum Gasteiger partial charge on any atom is -0.394 e. The van der Waals surface area contributed by atoms with Crippen LogP contribution in [0.5, 0.6) is 0 Å². The van der Waals surface area contributed by atoms with Crippen molar-refractivity contribution in [2.24, 2.45) is 22.2 Å². The molecule has 13 nitrogen and oxygen atoms in total. The number of carbonyl (C=O) groups is 1. The second-order valence-corrected chi connectivity index (χ2v) is 14.0. The van der Waals surface area contributed by atoms with Crippen LogP contribution in [0.25, 0.3) is 0 Å². The molecule has 6 fully saturated rings. The quantitative estimate of drug-likeness (QED) is 0.132. The Hall–Kier alpha value is -0.970. The molecular formula is C28H47NO12. The molecular weight excluding hydrogens is 542 g/mol. The van der Waals surface area contributed by atoms with Gasteiger partial charge in [-0.3, -0.25) is 4.79 Å². The van der Waals surface area contributed by atoms with Gasteiger partial charge in [0, 0.05) is 13.0 Å². The summed E-state index contributed by atoms with van der Waals surface area (Å²) in [6, 6.07) is 0. The Balaban J connectivity index is 1.10. The average Bonchev–Trinajstić information content (AvgIpc) is 2.87. The van der Waals surface area contributed by atoms with Gasteiger partial charge in [0.05, 0.1) is 19.8 Å². The molecule has 13 heteroatoms. The van der Waals surface area contributed by atoms with Gasteiger partial charge in [0.2, 0.25) is 5.91 Å². The van der Waals surface area contributed by atoms with Gasteiger partial charge in [0.15, 0.2) is 12.6 Å². The number of rotatable bonds is 10. The molecule has 6 rings (SSSR count). The van der Waals surface area contributed by atoms with Gasteiger partial charge in [-0.15, -0.1) is 0 Å². The number of amides is 1. The molecule has 2 heterocycles. The largest absolute Gasteiger partial charge is 0.394 e. The highest BCUT2D eigenvalue weighted by Crippen LogP contribution is 2.70. The monoisotopic (exact) mass is 589 g/mol. The second-order valence-electron chi connectivity index (χ2n) is 14.0. The third-order valence-electron chi connectivity index (χ3n) is 9.94. The van der Waals surface area contributed by atoms with Crippen molar-refractivity contribution in [2.75, 3.05) is 26.4 Å². The minimum absolute atomic E-state index is 0.0123. The predicted molar refractivity (Wildman–Crippen MR) is 140 cm³/mol. The van der Waals surface area contributed by atoms with Gasteiger partial charge in [-0.25, -0.2) is 0 Å². The summed E-state index contributed by atoms with van der Waals surface area (Å²) in [7, 11) is 0. The van der Waals surface area contributed by atoms with Gasteiger partial charge in [0.25, 0.3) is 0 Å². The molecule has 4 aliphatic carbocycles. The maximum Gasteiger partial charge on any atom is 0.220 e. The Labute approximate surface area is 239 Å². The lowest BCUT2D eigenvalue weighted by Gasteiger charge is -2.65. The maximum atomic E-state index is 12.9. The molecule has 236 valence electrons. The number of carbonyl (C=O) groups excluding carboxylic acids is 1. The van der Waals surface area contributed by atoms with Crippen molar-refractivity contribution in [2.45, 2.75) is 120 Å². The molecule has 4 bridgehead atoms. The topological polar surface area (TPSA) is 208 Å². The van der Waals surface area contributed by atoms with E-state index in [-0.39, 0.29) is 24.5 Å². The Morgan fingerprint density at radius 3 is 2.02 bits per heavy atom. The smallest absolute Gasteiger partial charge is 0.220 e. The molecule has 0 spiro atoms. The molecule has 6 aliphatic rings. The van der Waals surface area contributed by atoms with Crippen LogP contribution in [-0.4, -0.2) is 129 Å². The highest BCUT2D eigenvalue weighted by molar-refractivity contribution is 5.76. The van der Waals surface area contributed by atoms with Crippen LogP contribution in [0.3, 0.4) is 0 Å². The van der Waals surface area contributed by atoms with Crippen LogP contribution in [-0.2, 0) is 23.7 Å². The van der Waals surface area contributed by atoms with Crippen molar-refractivity contribution >= 4 is 5.91 Å². The van der Waals surface area contributed by atoms with E-state index in [0.717, 1.165) is 19.3 Å². The molecule has 0 aromatic rings. The van der Waals surface area contributed by atoms with Gasteiger partial charge in [-0.2, -0.15) is 0 Å². The molecule has 2 saturated heterocycles. The van der Waals surface area contributed by atoms with E-state index in [1.54, 1.807) is 0 Å². The molecule has 1 amide bonds. The van der Waals surface area contributed by atoms with Crippen LogP contribution in [0, 0.1) is 22.2 Å². The highest BCUT2D eigenvalue weighted by Gasteiger charge is 2.60. The first-order valence-electron chi connectivity index (χ1n) is 14.8. The number of hydrogen-bond donors (Lipinski definition) is 8. The summed E-state index contributed by atoms with van der Waals surface area (Å²) in [5.74, 6) is 0.663. The Bertz CT molecular complexity index is 916. The molecule has 2 unspecified atom stereocenters. The third kappa shape index (κ3) is 6.32. The zero-order valence-corrected chi connectivity index (χ0v) is 23.8. The molecule has 14 atom stereocenters. The molecule has 0 aromatic heterocycles. The Morgan fingerprint density at radius 1 is 0.805 bits per heavy atom. The van der Waals surface area contributed by atoms with Crippen LogP contribution in [0.2, 0.25) is 0 Å². The standard InChI is InChI=1S/C28H47NO12/c1-26-5-14-6-27(2,11-26)13-28(7-14,12-26)8-17(32)29-3-4-38-24-22(37)20(35)23(16(10-31)40-24)41-25-21(36)19(34)18(33)15(9-30)39-25/h14-16,18-25,30-31,33-37H,3-13H2,1-2H3,(H,29,32)/t14?,15-,16-,18-,19+,20-,21-,22-,23-,24-,25-,26-,27+,28?/m1/s1. The van der Waals surface area contributed by atoms with Crippen molar-refractivity contribution in [3.63, 3.8) is 0 Å². The lowest BCUT2D eigenvalue weighted by molar-refractivity contribution is -0.359. The van der Waals surface area contributed by atoms with E-state index >= 15 is 0 Å².